The lowest BCUT2D eigenvalue weighted by molar-refractivity contribution is -0.134. The summed E-state index contributed by atoms with van der Waals surface area (Å²) in [5.74, 6) is -8.18. The van der Waals surface area contributed by atoms with Gasteiger partial charge in [0.15, 0.2) is 29.1 Å². The van der Waals surface area contributed by atoms with Crippen molar-refractivity contribution in [2.45, 2.75) is 19.1 Å². The monoisotopic (exact) mass is 890 g/mol. The molecule has 336 valence electrons. The minimum absolute atomic E-state index is 0.0470. The number of carbonyl (C=O) groups excluding carboxylic acids is 6. The number of hydrogen-bond donors (Lipinski definition) is 10. The predicted molar refractivity (Wildman–Crippen MR) is 235 cm³/mol. The van der Waals surface area contributed by atoms with E-state index in [1.54, 1.807) is 25.1 Å². The van der Waals surface area contributed by atoms with Gasteiger partial charge in [0.2, 0.25) is 11.8 Å². The first-order chi connectivity index (χ1) is 30.9. The Bertz CT molecular complexity index is 2680. The van der Waals surface area contributed by atoms with Gasteiger partial charge in [0.1, 0.15) is 17.4 Å². The molecule has 0 spiro atoms. The number of benzene rings is 5. The largest absolute Gasteiger partial charge is 0.508 e. The molecular formula is C45H42N6O14. The van der Waals surface area contributed by atoms with Gasteiger partial charge in [-0.05, 0) is 103 Å². The number of amides is 6. The van der Waals surface area contributed by atoms with Crippen molar-refractivity contribution < 1.29 is 68.2 Å². The van der Waals surface area contributed by atoms with E-state index < -0.39 is 70.6 Å². The first-order valence-electron chi connectivity index (χ1n) is 19.0. The molecule has 5 aromatic rings. The smallest absolute Gasteiger partial charge is 0.339 e. The zero-order valence-corrected chi connectivity index (χ0v) is 34.9. The first-order valence-corrected chi connectivity index (χ1v) is 19.0. The number of primary amides is 1. The highest BCUT2D eigenvalue weighted by Gasteiger charge is 2.35. The second kappa shape index (κ2) is 20.8. The molecule has 20 nitrogen and oxygen atoms in total. The van der Waals surface area contributed by atoms with Gasteiger partial charge in [0.05, 0.1) is 31.2 Å². The molecule has 0 aliphatic carbocycles. The summed E-state index contributed by atoms with van der Waals surface area (Å²) in [6, 6.07) is 20.3. The Balaban J connectivity index is 1.23. The molecular weight excluding hydrogens is 849 g/mol. The van der Waals surface area contributed by atoms with Gasteiger partial charge in [0, 0.05) is 35.2 Å². The van der Waals surface area contributed by atoms with Crippen LogP contribution in [0.15, 0.2) is 103 Å². The molecule has 0 saturated heterocycles. The van der Waals surface area contributed by atoms with Gasteiger partial charge < -0.3 is 67.0 Å². The van der Waals surface area contributed by atoms with Gasteiger partial charge in [-0.3, -0.25) is 28.8 Å². The molecule has 0 aromatic heterocycles. The number of aromatic hydroxyl groups is 3. The van der Waals surface area contributed by atoms with Gasteiger partial charge >= 0.3 is 5.97 Å². The summed E-state index contributed by atoms with van der Waals surface area (Å²) in [5.41, 5.74) is 6.21. The van der Waals surface area contributed by atoms with E-state index in [0.29, 0.717) is 16.8 Å². The molecule has 2 atom stereocenters. The number of phenolic OH excluding ortho intramolecular Hbond substituents is 2. The Morgan fingerprint density at radius 3 is 1.60 bits per heavy atom. The van der Waals surface area contributed by atoms with E-state index in [1.165, 1.54) is 86.0 Å². The van der Waals surface area contributed by atoms with Crippen molar-refractivity contribution in [2.24, 2.45) is 5.73 Å². The van der Waals surface area contributed by atoms with Gasteiger partial charge in [-0.1, -0.05) is 12.1 Å². The lowest BCUT2D eigenvalue weighted by Gasteiger charge is -2.24. The number of anilines is 4. The number of hydrogen-bond acceptors (Lipinski definition) is 13. The second-order valence-corrected chi connectivity index (χ2v) is 13.8. The number of methoxy groups -OCH3 is 3. The van der Waals surface area contributed by atoms with Crippen molar-refractivity contribution in [1.82, 2.24) is 5.32 Å². The molecule has 0 radical (unpaired) electrons. The highest BCUT2D eigenvalue weighted by atomic mass is 16.5. The predicted octanol–water partition coefficient (Wildman–Crippen LogP) is 4.30. The van der Waals surface area contributed by atoms with Crippen LogP contribution in [-0.2, 0) is 19.1 Å². The summed E-state index contributed by atoms with van der Waals surface area (Å²) < 4.78 is 15.5. The molecule has 0 fully saturated rings. The first kappa shape index (κ1) is 47.1. The number of ether oxygens (including phenoxy) is 3. The van der Waals surface area contributed by atoms with Crippen LogP contribution in [-0.4, -0.2) is 95.3 Å². The van der Waals surface area contributed by atoms with E-state index in [0.717, 1.165) is 20.3 Å². The molecule has 0 heterocycles. The molecule has 0 aliphatic heterocycles. The minimum atomic E-state index is -1.64. The lowest BCUT2D eigenvalue weighted by atomic mass is 10.1. The van der Waals surface area contributed by atoms with Crippen LogP contribution in [0.1, 0.15) is 53.9 Å². The summed E-state index contributed by atoms with van der Waals surface area (Å²) >= 11 is 0. The Morgan fingerprint density at radius 2 is 1.09 bits per heavy atom. The topological polar surface area (TPSA) is 314 Å². The standard InChI is InChI=1S/C45H42N6O14/c1-22(21-23-5-15-28(52)16-6-23)40(56)47-26-11-9-25(10-12-26)42(58)51-33(38(65-4)39(46)55)44(60)48-27-13-7-24(8-14-27)41(57)49-31-19-17-29(34(53)36(31)63-2)43(59)50-32-20-18-30(45(61)62)35(54)37(32)64-3/h5-21,33,38,52-54H,1-4H3,(H2,46,55)(H,47,56)(H,48,60)(H,49,57)(H,50,59)(H,51,58)(H,61,62). The Hall–Kier alpha value is -8.91. The molecule has 0 bridgehead atoms. The number of phenols is 3. The third-order valence-corrected chi connectivity index (χ3v) is 9.50. The SMILES string of the molecule is COc1c(NC(=O)c2ccc(NC(=O)c3ccc(NC(=O)C(NC(=O)c4ccc(NC(=O)C(C)=Cc5ccc(O)cc5)cc4)C(OC)C(N)=O)cc3)c(OC)c2O)ccc(C(=O)O)c1O. The van der Waals surface area contributed by atoms with Gasteiger partial charge in [-0.15, -0.1) is 0 Å². The number of nitrogens with two attached hydrogens (primary N) is 1. The molecule has 5 aromatic carbocycles. The van der Waals surface area contributed by atoms with E-state index in [4.69, 9.17) is 19.9 Å². The fourth-order valence-corrected chi connectivity index (χ4v) is 6.16. The van der Waals surface area contributed by atoms with Crippen molar-refractivity contribution in [1.29, 1.82) is 0 Å². The van der Waals surface area contributed by atoms with Crippen LogP contribution < -0.4 is 41.8 Å². The van der Waals surface area contributed by atoms with Gasteiger partial charge in [-0.25, -0.2) is 4.79 Å². The number of carbonyl (C=O) groups is 7. The van der Waals surface area contributed by atoms with E-state index in [1.807, 2.05) is 0 Å². The van der Waals surface area contributed by atoms with E-state index in [2.05, 4.69) is 26.6 Å². The number of aromatic carboxylic acids is 1. The molecule has 65 heavy (non-hydrogen) atoms. The quantitative estimate of drug-likeness (QED) is 0.0582. The van der Waals surface area contributed by atoms with Gasteiger partial charge in [0.25, 0.3) is 23.6 Å². The zero-order chi connectivity index (χ0) is 47.5. The van der Waals surface area contributed by atoms with Crippen LogP contribution in [0.5, 0.6) is 28.7 Å². The minimum Gasteiger partial charge on any atom is -0.508 e. The highest BCUT2D eigenvalue weighted by Crippen LogP contribution is 2.40. The van der Waals surface area contributed by atoms with Gasteiger partial charge in [-0.2, -0.15) is 0 Å². The van der Waals surface area contributed by atoms with Crippen LogP contribution in [0.3, 0.4) is 0 Å². The molecule has 6 amide bonds. The normalized spacial score (nSPS) is 11.8. The summed E-state index contributed by atoms with van der Waals surface area (Å²) in [4.78, 5) is 89.7. The summed E-state index contributed by atoms with van der Waals surface area (Å²) in [5, 5.41) is 52.7. The fraction of sp³-hybridized carbons (Fsp3) is 0.133. The van der Waals surface area contributed by atoms with Crippen molar-refractivity contribution >= 4 is 70.2 Å². The molecule has 20 heteroatoms. The third-order valence-electron chi connectivity index (χ3n) is 9.50. The number of rotatable bonds is 17. The maximum Gasteiger partial charge on any atom is 0.339 e. The molecule has 5 rings (SSSR count). The average molecular weight is 891 g/mol. The van der Waals surface area contributed by atoms with Crippen molar-refractivity contribution in [3.05, 3.63) is 130 Å². The van der Waals surface area contributed by atoms with E-state index in [9.17, 15) is 54.0 Å². The summed E-state index contributed by atoms with van der Waals surface area (Å²) in [7, 11) is 3.45. The van der Waals surface area contributed by atoms with Crippen molar-refractivity contribution in [2.75, 3.05) is 42.6 Å². The summed E-state index contributed by atoms with van der Waals surface area (Å²) in [6.07, 6.45) is 0.0114. The van der Waals surface area contributed by atoms with E-state index in [-0.39, 0.29) is 51.0 Å². The summed E-state index contributed by atoms with van der Waals surface area (Å²) in [6.45, 7) is 1.61. The van der Waals surface area contributed by atoms with Crippen LogP contribution in [0.4, 0.5) is 22.7 Å². The zero-order valence-electron chi connectivity index (χ0n) is 34.9. The van der Waals surface area contributed by atoms with Crippen LogP contribution in [0.2, 0.25) is 0 Å². The van der Waals surface area contributed by atoms with Crippen LogP contribution in [0.25, 0.3) is 6.08 Å². The Morgan fingerprint density at radius 1 is 0.600 bits per heavy atom. The maximum atomic E-state index is 13.5. The number of carboxylic acid groups (broad SMARTS) is 1. The van der Waals surface area contributed by atoms with Crippen LogP contribution in [0, 0.1) is 0 Å². The van der Waals surface area contributed by atoms with Crippen LogP contribution >= 0.6 is 0 Å². The molecule has 0 saturated carbocycles. The second-order valence-electron chi connectivity index (χ2n) is 13.8. The number of carboxylic acids is 1. The average Bonchev–Trinajstić information content (AvgIpc) is 3.27. The van der Waals surface area contributed by atoms with Crippen molar-refractivity contribution in [3.8, 4) is 28.7 Å². The number of nitrogens with one attached hydrogen (secondary N) is 5. The molecule has 0 aliphatic rings. The van der Waals surface area contributed by atoms with E-state index >= 15 is 0 Å². The van der Waals surface area contributed by atoms with Crippen molar-refractivity contribution in [3.63, 3.8) is 0 Å². The maximum absolute atomic E-state index is 13.5. The Labute approximate surface area is 369 Å². The Kier molecular flexibility index (Phi) is 15.1. The lowest BCUT2D eigenvalue weighted by Crippen LogP contribution is -2.56. The third kappa shape index (κ3) is 11.3. The highest BCUT2D eigenvalue weighted by molar-refractivity contribution is 6.11. The fourth-order valence-electron chi connectivity index (χ4n) is 6.16. The molecule has 2 unspecified atom stereocenters. The molecule has 11 N–H and O–H groups in total.